The van der Waals surface area contributed by atoms with Gasteiger partial charge in [-0.2, -0.15) is 5.26 Å². The Morgan fingerprint density at radius 1 is 1.40 bits per heavy atom. The van der Waals surface area contributed by atoms with Crippen molar-refractivity contribution in [2.45, 2.75) is 49.3 Å². The van der Waals surface area contributed by atoms with E-state index in [2.05, 4.69) is 11.4 Å². The normalized spacial score (nSPS) is 15.4. The van der Waals surface area contributed by atoms with E-state index in [4.69, 9.17) is 0 Å². The van der Waals surface area contributed by atoms with Gasteiger partial charge in [-0.15, -0.1) is 11.8 Å². The molecule has 5 heteroatoms. The first-order valence-electron chi connectivity index (χ1n) is 6.68. The van der Waals surface area contributed by atoms with Gasteiger partial charge in [0.2, 0.25) is 0 Å². The summed E-state index contributed by atoms with van der Waals surface area (Å²) >= 11 is 1.44. The zero-order valence-corrected chi connectivity index (χ0v) is 12.9. The molecular formula is C15H20F2N2S. The number of thioether (sulfide) groups is 1. The van der Waals surface area contributed by atoms with Gasteiger partial charge in [-0.1, -0.05) is 13.8 Å². The lowest BCUT2D eigenvalue weighted by atomic mass is 9.98. The quantitative estimate of drug-likeness (QED) is 0.769. The van der Waals surface area contributed by atoms with Crippen LogP contribution in [0.5, 0.6) is 0 Å². The monoisotopic (exact) mass is 298 g/mol. The van der Waals surface area contributed by atoms with E-state index >= 15 is 0 Å². The first-order valence-corrected chi connectivity index (χ1v) is 7.56. The summed E-state index contributed by atoms with van der Waals surface area (Å²) in [7, 11) is 0. The summed E-state index contributed by atoms with van der Waals surface area (Å²) in [4.78, 5) is 0.673. The van der Waals surface area contributed by atoms with E-state index in [9.17, 15) is 14.0 Å². The smallest absolute Gasteiger partial charge is 0.159 e. The molecule has 2 atom stereocenters. The molecule has 1 N–H and O–H groups in total. The molecule has 1 aromatic rings. The molecule has 0 aliphatic heterocycles. The zero-order chi connectivity index (χ0) is 15.2. The second-order valence-electron chi connectivity index (χ2n) is 5.08. The molecule has 1 rings (SSSR count). The van der Waals surface area contributed by atoms with E-state index in [0.717, 1.165) is 19.0 Å². The summed E-state index contributed by atoms with van der Waals surface area (Å²) in [6.07, 6.45) is 1.59. The van der Waals surface area contributed by atoms with Gasteiger partial charge >= 0.3 is 0 Å². The van der Waals surface area contributed by atoms with Crippen molar-refractivity contribution >= 4 is 11.8 Å². The van der Waals surface area contributed by atoms with Gasteiger partial charge in [-0.05, 0) is 44.5 Å². The Labute approximate surface area is 123 Å². The highest BCUT2D eigenvalue weighted by Gasteiger charge is 2.26. The fraction of sp³-hybridized carbons (Fsp3) is 0.533. The molecule has 0 heterocycles. The topological polar surface area (TPSA) is 35.8 Å². The minimum Gasteiger partial charge on any atom is -0.300 e. The number of halogens is 2. The second kappa shape index (κ2) is 7.61. The molecule has 0 radical (unpaired) electrons. The van der Waals surface area contributed by atoms with Gasteiger partial charge < -0.3 is 0 Å². The Morgan fingerprint density at radius 2 is 2.10 bits per heavy atom. The van der Waals surface area contributed by atoms with Crippen LogP contribution >= 0.6 is 11.8 Å². The molecular weight excluding hydrogens is 278 g/mol. The fourth-order valence-electron chi connectivity index (χ4n) is 1.96. The first kappa shape index (κ1) is 16.9. The van der Waals surface area contributed by atoms with Crippen molar-refractivity contribution in [2.75, 3.05) is 6.54 Å². The van der Waals surface area contributed by atoms with E-state index in [-0.39, 0.29) is 5.25 Å². The van der Waals surface area contributed by atoms with Crippen molar-refractivity contribution in [2.24, 2.45) is 0 Å². The molecule has 0 saturated carbocycles. The van der Waals surface area contributed by atoms with Gasteiger partial charge in [0.15, 0.2) is 11.6 Å². The maximum Gasteiger partial charge on any atom is 0.159 e. The van der Waals surface area contributed by atoms with Gasteiger partial charge in [-0.3, -0.25) is 5.32 Å². The van der Waals surface area contributed by atoms with Crippen LogP contribution in [0.25, 0.3) is 0 Å². The van der Waals surface area contributed by atoms with Crippen molar-refractivity contribution in [3.8, 4) is 6.07 Å². The third-order valence-electron chi connectivity index (χ3n) is 2.94. The van der Waals surface area contributed by atoms with Gasteiger partial charge in [-0.25, -0.2) is 8.78 Å². The lowest BCUT2D eigenvalue weighted by Gasteiger charge is -2.26. The first-order chi connectivity index (χ1) is 9.40. The maximum absolute atomic E-state index is 13.1. The van der Waals surface area contributed by atoms with Crippen LogP contribution in [0.15, 0.2) is 23.1 Å². The van der Waals surface area contributed by atoms with E-state index in [1.54, 1.807) is 6.07 Å². The highest BCUT2D eigenvalue weighted by atomic mass is 32.2. The molecule has 1 aromatic carbocycles. The predicted octanol–water partition coefficient (Wildman–Crippen LogP) is 4.12. The van der Waals surface area contributed by atoms with Crippen molar-refractivity contribution in [3.05, 3.63) is 29.8 Å². The van der Waals surface area contributed by atoms with Crippen molar-refractivity contribution in [1.82, 2.24) is 5.32 Å². The van der Waals surface area contributed by atoms with Crippen molar-refractivity contribution < 1.29 is 8.78 Å². The highest BCUT2D eigenvalue weighted by molar-refractivity contribution is 7.99. The van der Waals surface area contributed by atoms with Gasteiger partial charge in [0.25, 0.3) is 0 Å². The predicted molar refractivity (Wildman–Crippen MR) is 78.6 cm³/mol. The van der Waals surface area contributed by atoms with E-state index in [0.29, 0.717) is 11.3 Å². The van der Waals surface area contributed by atoms with Crippen LogP contribution in [0.4, 0.5) is 8.78 Å². The average Bonchev–Trinajstić information content (AvgIpc) is 2.40. The zero-order valence-electron chi connectivity index (χ0n) is 12.0. The Hall–Kier alpha value is -1.12. The largest absolute Gasteiger partial charge is 0.300 e. The van der Waals surface area contributed by atoms with Crippen LogP contribution in [-0.4, -0.2) is 17.3 Å². The molecule has 20 heavy (non-hydrogen) atoms. The summed E-state index contributed by atoms with van der Waals surface area (Å²) < 4.78 is 26.0. The molecule has 0 bridgehead atoms. The third-order valence-corrected chi connectivity index (χ3v) is 4.03. The maximum atomic E-state index is 13.1. The van der Waals surface area contributed by atoms with E-state index < -0.39 is 17.2 Å². The minimum atomic E-state index is -0.839. The third kappa shape index (κ3) is 5.10. The molecule has 0 amide bonds. The van der Waals surface area contributed by atoms with Crippen LogP contribution in [0.1, 0.15) is 33.6 Å². The Balaban J connectivity index is 2.64. The van der Waals surface area contributed by atoms with Crippen LogP contribution in [0, 0.1) is 23.0 Å². The number of hydrogen-bond donors (Lipinski definition) is 1. The van der Waals surface area contributed by atoms with Crippen molar-refractivity contribution in [1.29, 1.82) is 5.26 Å². The SMILES string of the molecule is CCCNC(C)(C#N)CC(C)Sc1ccc(F)c(F)c1. The average molecular weight is 298 g/mol. The molecule has 2 nitrogen and oxygen atoms in total. The molecule has 0 aliphatic carbocycles. The molecule has 110 valence electrons. The lowest BCUT2D eigenvalue weighted by Crippen LogP contribution is -2.43. The van der Waals surface area contributed by atoms with Crippen LogP contribution in [0.2, 0.25) is 0 Å². The van der Waals surface area contributed by atoms with Crippen molar-refractivity contribution in [3.63, 3.8) is 0 Å². The number of benzene rings is 1. The number of rotatable bonds is 7. The number of nitriles is 1. The van der Waals surface area contributed by atoms with Gasteiger partial charge in [0.1, 0.15) is 5.54 Å². The number of hydrogen-bond acceptors (Lipinski definition) is 3. The molecule has 0 aliphatic rings. The Bertz CT molecular complexity index is 487. The van der Waals surface area contributed by atoms with Gasteiger partial charge in [0.05, 0.1) is 6.07 Å². The standard InChI is InChI=1S/C15H20F2N2S/c1-4-7-19-15(3,10-18)9-11(2)20-12-5-6-13(16)14(17)8-12/h5-6,8,11,19H,4,7,9H2,1-3H3. The van der Waals surface area contributed by atoms with Crippen LogP contribution < -0.4 is 5.32 Å². The van der Waals surface area contributed by atoms with Gasteiger partial charge in [0, 0.05) is 10.1 Å². The van der Waals surface area contributed by atoms with E-state index in [1.165, 1.54) is 17.8 Å². The summed E-state index contributed by atoms with van der Waals surface area (Å²) in [5.41, 5.74) is -0.596. The van der Waals surface area contributed by atoms with E-state index in [1.807, 2.05) is 20.8 Å². The number of nitrogens with zero attached hydrogens (tertiary/aromatic N) is 1. The molecule has 2 unspecified atom stereocenters. The fourth-order valence-corrected chi connectivity index (χ4v) is 3.16. The summed E-state index contributed by atoms with van der Waals surface area (Å²) in [6, 6.07) is 6.17. The summed E-state index contributed by atoms with van der Waals surface area (Å²) in [5, 5.41) is 12.6. The Kier molecular flexibility index (Phi) is 6.44. The second-order valence-corrected chi connectivity index (χ2v) is 6.59. The minimum absolute atomic E-state index is 0.119. The van der Waals surface area contributed by atoms with Crippen LogP contribution in [0.3, 0.4) is 0 Å². The highest BCUT2D eigenvalue weighted by Crippen LogP contribution is 2.29. The molecule has 0 saturated heterocycles. The summed E-state index contributed by atoms with van der Waals surface area (Å²) in [6.45, 7) is 6.68. The lowest BCUT2D eigenvalue weighted by molar-refractivity contribution is 0.418. The van der Waals surface area contributed by atoms with Crippen LogP contribution in [-0.2, 0) is 0 Å². The number of nitrogens with one attached hydrogen (secondary N) is 1. The summed E-state index contributed by atoms with van der Waals surface area (Å²) in [5.74, 6) is -1.68. The Morgan fingerprint density at radius 3 is 2.65 bits per heavy atom. The molecule has 0 spiro atoms. The molecule has 0 aromatic heterocycles. The molecule has 0 fully saturated rings.